The van der Waals surface area contributed by atoms with E-state index in [1.807, 2.05) is 7.05 Å². The minimum Gasteiger partial charge on any atom is -0.313 e. The molecule has 0 spiro atoms. The smallest absolute Gasteiger partial charge is 0.0643 e. The van der Waals surface area contributed by atoms with Crippen LogP contribution in [0, 0.1) is 6.92 Å². The van der Waals surface area contributed by atoms with E-state index in [4.69, 9.17) is 0 Å². The van der Waals surface area contributed by atoms with Gasteiger partial charge in [-0.25, -0.2) is 0 Å². The highest BCUT2D eigenvalue weighted by Crippen LogP contribution is 2.24. The molecule has 2 unspecified atom stereocenters. The highest BCUT2D eigenvalue weighted by Gasteiger charge is 2.15. The first-order valence-corrected chi connectivity index (χ1v) is 7.84. The minimum atomic E-state index is 0.353. The van der Waals surface area contributed by atoms with Crippen molar-refractivity contribution in [2.75, 3.05) is 7.05 Å². The molecule has 2 aromatic rings. The van der Waals surface area contributed by atoms with Gasteiger partial charge in [-0.15, -0.1) is 0 Å². The van der Waals surface area contributed by atoms with Gasteiger partial charge in [0, 0.05) is 24.7 Å². The van der Waals surface area contributed by atoms with Crippen LogP contribution in [-0.2, 0) is 6.42 Å². The third-order valence-electron chi connectivity index (χ3n) is 3.74. The Balaban J connectivity index is 2.11. The Hall–Kier alpha value is -1.13. The van der Waals surface area contributed by atoms with Gasteiger partial charge < -0.3 is 5.32 Å². The second kappa shape index (κ2) is 6.35. The lowest BCUT2D eigenvalue weighted by Crippen LogP contribution is -2.19. The minimum absolute atomic E-state index is 0.353. The number of thiophene rings is 1. The van der Waals surface area contributed by atoms with E-state index < -0.39 is 0 Å². The van der Waals surface area contributed by atoms with E-state index in [1.165, 1.54) is 11.1 Å². The molecule has 3 nitrogen and oxygen atoms in total. The highest BCUT2D eigenvalue weighted by molar-refractivity contribution is 7.08. The maximum absolute atomic E-state index is 4.69. The molecule has 1 N–H and O–H groups in total. The summed E-state index contributed by atoms with van der Waals surface area (Å²) in [6.07, 6.45) is 4.15. The Morgan fingerprint density at radius 1 is 1.42 bits per heavy atom. The van der Waals surface area contributed by atoms with Crippen LogP contribution in [-0.4, -0.2) is 16.8 Å². The molecule has 0 aromatic carbocycles. The lowest BCUT2D eigenvalue weighted by Gasteiger charge is -2.15. The number of hydrogen-bond acceptors (Lipinski definition) is 3. The Bertz CT molecular complexity index is 515. The van der Waals surface area contributed by atoms with Crippen molar-refractivity contribution in [1.29, 1.82) is 0 Å². The van der Waals surface area contributed by atoms with Gasteiger partial charge >= 0.3 is 0 Å². The largest absolute Gasteiger partial charge is 0.313 e. The summed E-state index contributed by atoms with van der Waals surface area (Å²) < 4.78 is 2.07. The lowest BCUT2D eigenvalue weighted by atomic mass is 10.0. The zero-order valence-electron chi connectivity index (χ0n) is 12.2. The van der Waals surface area contributed by atoms with E-state index in [-0.39, 0.29) is 0 Å². The van der Waals surface area contributed by atoms with E-state index in [0.717, 1.165) is 18.5 Å². The van der Waals surface area contributed by atoms with Gasteiger partial charge in [0.1, 0.15) is 0 Å². The fraction of sp³-hybridized carbons (Fsp3) is 0.533. The van der Waals surface area contributed by atoms with E-state index in [9.17, 15) is 0 Å². The molecular formula is C15H23N3S. The zero-order valence-corrected chi connectivity index (χ0v) is 13.0. The summed E-state index contributed by atoms with van der Waals surface area (Å²) in [4.78, 5) is 0. The van der Waals surface area contributed by atoms with Gasteiger partial charge in [0.15, 0.2) is 0 Å². The molecule has 19 heavy (non-hydrogen) atoms. The zero-order chi connectivity index (χ0) is 13.8. The molecule has 0 aliphatic rings. The second-order valence-corrected chi connectivity index (χ2v) is 5.84. The molecule has 0 aliphatic heterocycles. The Labute approximate surface area is 119 Å². The maximum atomic E-state index is 4.69. The van der Waals surface area contributed by atoms with Crippen molar-refractivity contribution in [2.24, 2.45) is 0 Å². The van der Waals surface area contributed by atoms with Crippen LogP contribution in [0.15, 0.2) is 23.0 Å². The Morgan fingerprint density at radius 2 is 2.21 bits per heavy atom. The van der Waals surface area contributed by atoms with Gasteiger partial charge in [0.2, 0.25) is 0 Å². The molecule has 0 aliphatic carbocycles. The van der Waals surface area contributed by atoms with E-state index in [2.05, 4.69) is 58.9 Å². The van der Waals surface area contributed by atoms with Crippen LogP contribution in [0.3, 0.4) is 0 Å². The van der Waals surface area contributed by atoms with Crippen LogP contribution in [0.5, 0.6) is 0 Å². The number of nitrogens with one attached hydrogen (secondary N) is 1. The SMILES string of the molecule is CCC(C)n1ccc(CC(NC)c2cscc2C)n1. The van der Waals surface area contributed by atoms with Crippen molar-refractivity contribution < 1.29 is 0 Å². The van der Waals surface area contributed by atoms with E-state index >= 15 is 0 Å². The van der Waals surface area contributed by atoms with Gasteiger partial charge in [-0.2, -0.15) is 16.4 Å². The average Bonchev–Trinajstić information content (AvgIpc) is 3.04. The molecule has 0 bridgehead atoms. The topological polar surface area (TPSA) is 29.9 Å². The number of rotatable bonds is 6. The molecule has 0 fully saturated rings. The monoisotopic (exact) mass is 277 g/mol. The molecule has 4 heteroatoms. The summed E-state index contributed by atoms with van der Waals surface area (Å²) in [5.41, 5.74) is 3.92. The molecule has 0 amide bonds. The summed E-state index contributed by atoms with van der Waals surface area (Å²) in [6, 6.07) is 2.97. The normalized spacial score (nSPS) is 14.5. The summed E-state index contributed by atoms with van der Waals surface area (Å²) in [6.45, 7) is 6.57. The standard InChI is InChI=1S/C15H23N3S/c1-5-12(3)18-7-6-13(17-18)8-15(16-4)14-10-19-9-11(14)2/h6-7,9-10,12,15-16H,5,8H2,1-4H3. The molecule has 0 radical (unpaired) electrons. The predicted octanol–water partition coefficient (Wildman–Crippen LogP) is 3.73. The number of aromatic nitrogens is 2. The summed E-state index contributed by atoms with van der Waals surface area (Å²) in [5, 5.41) is 12.5. The second-order valence-electron chi connectivity index (χ2n) is 5.10. The third-order valence-corrected chi connectivity index (χ3v) is 4.62. The van der Waals surface area contributed by atoms with Crippen molar-refractivity contribution in [1.82, 2.24) is 15.1 Å². The number of hydrogen-bond donors (Lipinski definition) is 1. The fourth-order valence-corrected chi connectivity index (χ4v) is 3.13. The third kappa shape index (κ3) is 3.25. The lowest BCUT2D eigenvalue weighted by molar-refractivity contribution is 0.469. The van der Waals surface area contributed by atoms with Crippen LogP contribution in [0.1, 0.15) is 49.2 Å². The molecule has 2 heterocycles. The Kier molecular flexibility index (Phi) is 4.77. The van der Waals surface area contributed by atoms with Crippen LogP contribution < -0.4 is 5.32 Å². The quantitative estimate of drug-likeness (QED) is 0.872. The van der Waals surface area contributed by atoms with Crippen molar-refractivity contribution in [3.63, 3.8) is 0 Å². The Morgan fingerprint density at radius 3 is 2.79 bits per heavy atom. The van der Waals surface area contributed by atoms with Crippen LogP contribution in [0.2, 0.25) is 0 Å². The summed E-state index contributed by atoms with van der Waals surface area (Å²) >= 11 is 1.77. The van der Waals surface area contributed by atoms with E-state index in [1.54, 1.807) is 11.3 Å². The van der Waals surface area contributed by atoms with Crippen molar-refractivity contribution >= 4 is 11.3 Å². The first kappa shape index (κ1) is 14.3. The first-order chi connectivity index (χ1) is 9.15. The van der Waals surface area contributed by atoms with Gasteiger partial charge in [-0.1, -0.05) is 6.92 Å². The fourth-order valence-electron chi connectivity index (χ4n) is 2.22. The average molecular weight is 277 g/mol. The van der Waals surface area contributed by atoms with Gasteiger partial charge in [0.05, 0.1) is 5.69 Å². The molecule has 2 atom stereocenters. The van der Waals surface area contributed by atoms with Gasteiger partial charge in [-0.3, -0.25) is 4.68 Å². The molecular weight excluding hydrogens is 254 g/mol. The summed E-state index contributed by atoms with van der Waals surface area (Å²) in [7, 11) is 2.02. The number of aryl methyl sites for hydroxylation is 1. The molecule has 2 aromatic heterocycles. The van der Waals surface area contributed by atoms with E-state index in [0.29, 0.717) is 12.1 Å². The first-order valence-electron chi connectivity index (χ1n) is 6.89. The molecule has 0 saturated heterocycles. The van der Waals surface area contributed by atoms with Crippen molar-refractivity contribution in [3.05, 3.63) is 39.8 Å². The van der Waals surface area contributed by atoms with Crippen LogP contribution in [0.25, 0.3) is 0 Å². The highest BCUT2D eigenvalue weighted by atomic mass is 32.1. The molecule has 2 rings (SSSR count). The van der Waals surface area contributed by atoms with Gasteiger partial charge in [-0.05, 0) is 55.3 Å². The predicted molar refractivity (Wildman–Crippen MR) is 81.8 cm³/mol. The number of nitrogens with zero attached hydrogens (tertiary/aromatic N) is 2. The van der Waals surface area contributed by atoms with Gasteiger partial charge in [0.25, 0.3) is 0 Å². The molecule has 104 valence electrons. The molecule has 0 saturated carbocycles. The maximum Gasteiger partial charge on any atom is 0.0643 e. The number of likely N-dealkylation sites (N-methyl/N-ethyl adjacent to an activating group) is 1. The van der Waals surface area contributed by atoms with Crippen LogP contribution >= 0.6 is 11.3 Å². The van der Waals surface area contributed by atoms with Crippen molar-refractivity contribution in [3.8, 4) is 0 Å². The van der Waals surface area contributed by atoms with Crippen LogP contribution in [0.4, 0.5) is 0 Å². The van der Waals surface area contributed by atoms with Crippen molar-refractivity contribution in [2.45, 2.75) is 45.7 Å². The summed E-state index contributed by atoms with van der Waals surface area (Å²) in [5.74, 6) is 0.